The van der Waals surface area contributed by atoms with Crippen LogP contribution >= 0.6 is 0 Å². The number of rotatable bonds is 6. The lowest BCUT2D eigenvalue weighted by molar-refractivity contribution is -0.385. The van der Waals surface area contributed by atoms with Gasteiger partial charge in [0.05, 0.1) is 17.6 Å². The summed E-state index contributed by atoms with van der Waals surface area (Å²) in [6.07, 6.45) is 6.74. The van der Waals surface area contributed by atoms with Crippen molar-refractivity contribution >= 4 is 5.69 Å². The van der Waals surface area contributed by atoms with Crippen molar-refractivity contribution in [2.45, 2.75) is 51.3 Å². The zero-order valence-corrected chi connectivity index (χ0v) is 11.8. The number of nitro groups is 1. The van der Waals surface area contributed by atoms with Crippen LogP contribution in [0.2, 0.25) is 0 Å². The van der Waals surface area contributed by atoms with E-state index in [0.29, 0.717) is 19.1 Å². The number of nitrogens with zero attached hydrogens (tertiary/aromatic N) is 4. The van der Waals surface area contributed by atoms with Gasteiger partial charge in [0.1, 0.15) is 12.4 Å². The van der Waals surface area contributed by atoms with Crippen LogP contribution in [0.3, 0.4) is 0 Å². The standard InChI is InChI=1S/C13H22N4O3/c1-2-11-5-3-4-6-15(11)9-13(18)10-16-8-12(7-14-16)17(19)20/h7-8,11,13,18H,2-6,9-10H2,1H3. The van der Waals surface area contributed by atoms with E-state index >= 15 is 0 Å². The van der Waals surface area contributed by atoms with Crippen LogP contribution in [0.5, 0.6) is 0 Å². The minimum atomic E-state index is -0.554. The number of β-amino-alcohol motifs (C(OH)–C–C–N with tert-alkyl or cyclic N) is 1. The molecule has 1 aliphatic heterocycles. The van der Waals surface area contributed by atoms with Crippen molar-refractivity contribution in [3.8, 4) is 0 Å². The molecule has 7 heteroatoms. The summed E-state index contributed by atoms with van der Waals surface area (Å²) < 4.78 is 1.44. The lowest BCUT2D eigenvalue weighted by Gasteiger charge is -2.36. The topological polar surface area (TPSA) is 84.4 Å². The number of piperidine rings is 1. The Morgan fingerprint density at radius 1 is 1.55 bits per heavy atom. The minimum absolute atomic E-state index is 0.0402. The summed E-state index contributed by atoms with van der Waals surface area (Å²) in [5.41, 5.74) is -0.0402. The zero-order valence-electron chi connectivity index (χ0n) is 11.8. The average Bonchev–Trinajstić information content (AvgIpc) is 2.88. The number of hydrogen-bond donors (Lipinski definition) is 1. The molecule has 2 heterocycles. The van der Waals surface area contributed by atoms with E-state index < -0.39 is 11.0 Å². The van der Waals surface area contributed by atoms with E-state index in [0.717, 1.165) is 13.0 Å². The van der Waals surface area contributed by atoms with Gasteiger partial charge in [-0.05, 0) is 25.8 Å². The third kappa shape index (κ3) is 3.77. The SMILES string of the molecule is CCC1CCCCN1CC(O)Cn1cc([N+](=O)[O-])cn1. The van der Waals surface area contributed by atoms with Gasteiger partial charge in [0.15, 0.2) is 0 Å². The van der Waals surface area contributed by atoms with Gasteiger partial charge >= 0.3 is 5.69 Å². The Labute approximate surface area is 118 Å². The molecule has 112 valence electrons. The van der Waals surface area contributed by atoms with Crippen molar-refractivity contribution in [1.82, 2.24) is 14.7 Å². The van der Waals surface area contributed by atoms with Crippen molar-refractivity contribution in [3.63, 3.8) is 0 Å². The lowest BCUT2D eigenvalue weighted by atomic mass is 9.99. The van der Waals surface area contributed by atoms with Crippen molar-refractivity contribution in [1.29, 1.82) is 0 Å². The molecule has 1 fully saturated rings. The largest absolute Gasteiger partial charge is 0.390 e. The van der Waals surface area contributed by atoms with Gasteiger partial charge in [-0.1, -0.05) is 13.3 Å². The van der Waals surface area contributed by atoms with Crippen LogP contribution in [0.25, 0.3) is 0 Å². The molecular weight excluding hydrogens is 260 g/mol. The Kier molecular flexibility index (Phi) is 5.08. The molecule has 2 atom stereocenters. The Hall–Kier alpha value is -1.47. The molecule has 1 N–H and O–H groups in total. The van der Waals surface area contributed by atoms with E-state index in [4.69, 9.17) is 0 Å². The second-order valence-electron chi connectivity index (χ2n) is 5.38. The summed E-state index contributed by atoms with van der Waals surface area (Å²) in [5.74, 6) is 0. The lowest BCUT2D eigenvalue weighted by Crippen LogP contribution is -2.44. The number of aliphatic hydroxyl groups excluding tert-OH is 1. The summed E-state index contributed by atoms with van der Waals surface area (Å²) in [7, 11) is 0. The summed E-state index contributed by atoms with van der Waals surface area (Å²) in [6.45, 7) is 4.09. The highest BCUT2D eigenvalue weighted by Gasteiger charge is 2.23. The average molecular weight is 282 g/mol. The van der Waals surface area contributed by atoms with Crippen LogP contribution in [0.1, 0.15) is 32.6 Å². The molecule has 0 saturated carbocycles. The number of likely N-dealkylation sites (tertiary alicyclic amines) is 1. The summed E-state index contributed by atoms with van der Waals surface area (Å²) in [6, 6.07) is 0.547. The van der Waals surface area contributed by atoms with Gasteiger partial charge in [0.2, 0.25) is 0 Å². The first-order chi connectivity index (χ1) is 9.60. The van der Waals surface area contributed by atoms with Gasteiger partial charge in [-0.3, -0.25) is 19.7 Å². The van der Waals surface area contributed by atoms with E-state index in [9.17, 15) is 15.2 Å². The molecule has 0 spiro atoms. The summed E-state index contributed by atoms with van der Waals surface area (Å²) >= 11 is 0. The number of aliphatic hydroxyl groups is 1. The van der Waals surface area contributed by atoms with E-state index in [1.54, 1.807) is 0 Å². The molecule has 20 heavy (non-hydrogen) atoms. The molecular formula is C13H22N4O3. The highest BCUT2D eigenvalue weighted by atomic mass is 16.6. The van der Waals surface area contributed by atoms with Gasteiger partial charge < -0.3 is 5.11 Å². The van der Waals surface area contributed by atoms with Crippen LogP contribution in [-0.2, 0) is 6.54 Å². The number of hydrogen-bond acceptors (Lipinski definition) is 5. The fourth-order valence-electron chi connectivity index (χ4n) is 2.85. The second-order valence-corrected chi connectivity index (χ2v) is 5.38. The second kappa shape index (κ2) is 6.81. The highest BCUT2D eigenvalue weighted by Crippen LogP contribution is 2.19. The van der Waals surface area contributed by atoms with Crippen LogP contribution in [0, 0.1) is 10.1 Å². The van der Waals surface area contributed by atoms with Gasteiger partial charge in [0, 0.05) is 12.6 Å². The van der Waals surface area contributed by atoms with Crippen LogP contribution < -0.4 is 0 Å². The number of aromatic nitrogens is 2. The molecule has 0 radical (unpaired) electrons. The first-order valence-electron chi connectivity index (χ1n) is 7.19. The van der Waals surface area contributed by atoms with Gasteiger partial charge in [-0.2, -0.15) is 5.10 Å². The zero-order chi connectivity index (χ0) is 14.5. The molecule has 0 bridgehead atoms. The van der Waals surface area contributed by atoms with Crippen molar-refractivity contribution < 1.29 is 10.0 Å². The first kappa shape index (κ1) is 14.9. The fraction of sp³-hybridized carbons (Fsp3) is 0.769. The molecule has 0 aliphatic carbocycles. The molecule has 1 aromatic heterocycles. The predicted molar refractivity (Wildman–Crippen MR) is 74.4 cm³/mol. The van der Waals surface area contributed by atoms with E-state index in [1.165, 1.54) is 36.3 Å². The van der Waals surface area contributed by atoms with Gasteiger partial charge in [-0.15, -0.1) is 0 Å². The molecule has 7 nitrogen and oxygen atoms in total. The van der Waals surface area contributed by atoms with Gasteiger partial charge in [-0.25, -0.2) is 0 Å². The van der Waals surface area contributed by atoms with Gasteiger partial charge in [0.25, 0.3) is 0 Å². The fourth-order valence-corrected chi connectivity index (χ4v) is 2.85. The minimum Gasteiger partial charge on any atom is -0.390 e. The molecule has 1 aromatic rings. The van der Waals surface area contributed by atoms with Crippen LogP contribution in [0.15, 0.2) is 12.4 Å². The highest BCUT2D eigenvalue weighted by molar-refractivity contribution is 5.20. The van der Waals surface area contributed by atoms with Crippen molar-refractivity contribution in [2.75, 3.05) is 13.1 Å². The van der Waals surface area contributed by atoms with Crippen molar-refractivity contribution in [3.05, 3.63) is 22.5 Å². The Morgan fingerprint density at radius 3 is 3.00 bits per heavy atom. The quantitative estimate of drug-likeness (QED) is 0.630. The predicted octanol–water partition coefficient (Wildman–Crippen LogP) is 1.42. The third-order valence-corrected chi connectivity index (χ3v) is 3.89. The normalized spacial score (nSPS) is 21.8. The smallest absolute Gasteiger partial charge is 0.306 e. The molecule has 2 unspecified atom stereocenters. The van der Waals surface area contributed by atoms with E-state index in [2.05, 4.69) is 16.9 Å². The maximum absolute atomic E-state index is 10.6. The third-order valence-electron chi connectivity index (χ3n) is 3.89. The maximum Gasteiger partial charge on any atom is 0.306 e. The van der Waals surface area contributed by atoms with Crippen molar-refractivity contribution in [2.24, 2.45) is 0 Å². The molecule has 1 aliphatic rings. The molecule has 2 rings (SSSR count). The summed E-state index contributed by atoms with van der Waals surface area (Å²) in [5, 5.41) is 24.6. The van der Waals surface area contributed by atoms with Crippen LogP contribution in [-0.4, -0.2) is 49.9 Å². The Bertz CT molecular complexity index is 449. The van der Waals surface area contributed by atoms with E-state index in [-0.39, 0.29) is 5.69 Å². The van der Waals surface area contributed by atoms with E-state index in [1.807, 2.05) is 0 Å². The monoisotopic (exact) mass is 282 g/mol. The maximum atomic E-state index is 10.6. The summed E-state index contributed by atoms with van der Waals surface area (Å²) in [4.78, 5) is 12.4. The molecule has 0 aromatic carbocycles. The first-order valence-corrected chi connectivity index (χ1v) is 7.19. The molecule has 1 saturated heterocycles. The van der Waals surface area contributed by atoms with Crippen LogP contribution in [0.4, 0.5) is 5.69 Å². The Morgan fingerprint density at radius 2 is 2.35 bits per heavy atom. The molecule has 0 amide bonds. The Balaban J connectivity index is 1.87.